The summed E-state index contributed by atoms with van der Waals surface area (Å²) in [4.78, 5) is 54.0. The number of para-hydroxylation sites is 2. The van der Waals surface area contributed by atoms with Crippen molar-refractivity contribution in [3.05, 3.63) is 131 Å². The van der Waals surface area contributed by atoms with Crippen LogP contribution in [0.2, 0.25) is 0 Å². The minimum atomic E-state index is -1.06. The molecular weight excluding hydrogens is 663 g/mol. The number of hydrogen-bond acceptors (Lipinski definition) is 6. The minimum Gasteiger partial charge on any atom is -0.493 e. The monoisotopic (exact) mass is 708 g/mol. The number of nitrogens with one attached hydrogen (secondary N) is 4. The summed E-state index contributed by atoms with van der Waals surface area (Å²) in [5, 5.41) is 11.7. The molecule has 0 aromatic heterocycles. The summed E-state index contributed by atoms with van der Waals surface area (Å²) >= 11 is 0. The molecule has 0 saturated heterocycles. The molecule has 52 heavy (non-hydrogen) atoms. The number of hydrogen-bond donors (Lipinski definition) is 4. The van der Waals surface area contributed by atoms with Crippen molar-refractivity contribution in [2.24, 2.45) is 0 Å². The van der Waals surface area contributed by atoms with Gasteiger partial charge in [-0.1, -0.05) is 80.6 Å². The Morgan fingerprint density at radius 1 is 0.808 bits per heavy atom. The van der Waals surface area contributed by atoms with Crippen molar-refractivity contribution >= 4 is 23.6 Å². The van der Waals surface area contributed by atoms with Gasteiger partial charge in [0.15, 0.2) is 0 Å². The average molecular weight is 709 g/mol. The van der Waals surface area contributed by atoms with Gasteiger partial charge in [-0.2, -0.15) is 0 Å². The number of halogens is 1. The highest BCUT2D eigenvalue weighted by Gasteiger charge is 2.28. The molecule has 0 spiro atoms. The zero-order valence-electron chi connectivity index (χ0n) is 29.5. The van der Waals surface area contributed by atoms with Crippen LogP contribution in [0.3, 0.4) is 0 Å². The van der Waals surface area contributed by atoms with Gasteiger partial charge in [0.25, 0.3) is 11.8 Å². The van der Waals surface area contributed by atoms with Crippen molar-refractivity contribution in [1.82, 2.24) is 21.3 Å². The maximum absolute atomic E-state index is 13.7. The molecule has 5 rings (SSSR count). The Morgan fingerprint density at radius 2 is 1.44 bits per heavy atom. The van der Waals surface area contributed by atoms with Gasteiger partial charge in [0.1, 0.15) is 30.0 Å². The molecule has 4 aromatic carbocycles. The van der Waals surface area contributed by atoms with Crippen LogP contribution in [-0.2, 0) is 21.4 Å². The Bertz CT molecular complexity index is 1830. The topological polar surface area (TPSA) is 135 Å². The fourth-order valence-electron chi connectivity index (χ4n) is 5.87. The molecule has 1 aliphatic rings. The number of fused-ring (bicyclic) bond motifs is 2. The summed E-state index contributed by atoms with van der Waals surface area (Å²) < 4.78 is 25.7. The third kappa shape index (κ3) is 10.6. The van der Waals surface area contributed by atoms with Crippen LogP contribution >= 0.6 is 0 Å². The second-order valence-corrected chi connectivity index (χ2v) is 13.4. The van der Waals surface area contributed by atoms with Crippen LogP contribution in [0, 0.1) is 5.82 Å². The van der Waals surface area contributed by atoms with Gasteiger partial charge in [-0.05, 0) is 66.8 Å². The van der Waals surface area contributed by atoms with Crippen LogP contribution in [0.5, 0.6) is 11.5 Å². The molecule has 0 aliphatic carbocycles. The van der Waals surface area contributed by atoms with Crippen LogP contribution in [-0.4, -0.2) is 62.0 Å². The van der Waals surface area contributed by atoms with Crippen molar-refractivity contribution in [1.29, 1.82) is 0 Å². The molecule has 2 atom stereocenters. The first-order valence-corrected chi connectivity index (χ1v) is 17.5. The fraction of sp³-hybridized carbons (Fsp3) is 0.317. The van der Waals surface area contributed by atoms with Crippen LogP contribution in [0.25, 0.3) is 0 Å². The Morgan fingerprint density at radius 3 is 2.15 bits per heavy atom. The average Bonchev–Trinajstić information content (AvgIpc) is 3.14. The highest BCUT2D eigenvalue weighted by atomic mass is 19.1. The van der Waals surface area contributed by atoms with Crippen LogP contribution in [0.1, 0.15) is 65.0 Å². The largest absolute Gasteiger partial charge is 0.493 e. The summed E-state index contributed by atoms with van der Waals surface area (Å²) in [5.41, 5.74) is 1.84. The summed E-state index contributed by atoms with van der Waals surface area (Å²) in [6.45, 7) is 4.65. The van der Waals surface area contributed by atoms with E-state index in [2.05, 4.69) is 21.3 Å². The van der Waals surface area contributed by atoms with Crippen molar-refractivity contribution in [2.75, 3.05) is 26.3 Å². The zero-order chi connectivity index (χ0) is 36.9. The SMILES string of the molecule is CC(C)(CNC(=O)[C@@H]1CCC(=O)N[C@@H](Cc2ccccc2)COc2ccccc2C(=O)NCCCOc2ccccc2C(=O)N1)c1ccc(F)cc1. The van der Waals surface area contributed by atoms with E-state index in [0.29, 0.717) is 36.4 Å². The van der Waals surface area contributed by atoms with Gasteiger partial charge in [-0.3, -0.25) is 19.2 Å². The molecule has 0 unspecified atom stereocenters. The zero-order valence-corrected chi connectivity index (χ0v) is 29.5. The predicted molar refractivity (Wildman–Crippen MR) is 196 cm³/mol. The third-order valence-corrected chi connectivity index (χ3v) is 8.87. The second kappa shape index (κ2) is 18.0. The van der Waals surface area contributed by atoms with E-state index in [1.807, 2.05) is 44.2 Å². The fourth-order valence-corrected chi connectivity index (χ4v) is 5.87. The van der Waals surface area contributed by atoms with Gasteiger partial charge in [-0.25, -0.2) is 4.39 Å². The van der Waals surface area contributed by atoms with Crippen LogP contribution < -0.4 is 30.7 Å². The first-order chi connectivity index (χ1) is 25.1. The van der Waals surface area contributed by atoms with E-state index in [0.717, 1.165) is 11.1 Å². The maximum atomic E-state index is 13.7. The predicted octanol–water partition coefficient (Wildman–Crippen LogP) is 5.12. The maximum Gasteiger partial charge on any atom is 0.255 e. The minimum absolute atomic E-state index is 0.00528. The van der Waals surface area contributed by atoms with Crippen molar-refractivity contribution < 1.29 is 33.0 Å². The number of rotatable bonds is 6. The molecule has 4 aromatic rings. The molecule has 0 radical (unpaired) electrons. The van der Waals surface area contributed by atoms with Gasteiger partial charge in [0, 0.05) is 24.9 Å². The highest BCUT2D eigenvalue weighted by Crippen LogP contribution is 2.23. The number of benzene rings is 4. The number of carbonyl (C=O) groups is 4. The van der Waals surface area contributed by atoms with Crippen LogP contribution in [0.15, 0.2) is 103 Å². The van der Waals surface area contributed by atoms with E-state index in [1.165, 1.54) is 12.1 Å². The Kier molecular flexibility index (Phi) is 13.0. The van der Waals surface area contributed by atoms with Crippen LogP contribution in [0.4, 0.5) is 4.39 Å². The lowest BCUT2D eigenvalue weighted by Crippen LogP contribution is -2.50. The van der Waals surface area contributed by atoms with E-state index >= 15 is 0 Å². The lowest BCUT2D eigenvalue weighted by Gasteiger charge is -2.27. The van der Waals surface area contributed by atoms with Gasteiger partial charge in [0.2, 0.25) is 11.8 Å². The lowest BCUT2D eigenvalue weighted by atomic mass is 9.84. The molecule has 272 valence electrons. The smallest absolute Gasteiger partial charge is 0.255 e. The van der Waals surface area contributed by atoms with E-state index in [-0.39, 0.29) is 55.8 Å². The molecule has 1 heterocycles. The van der Waals surface area contributed by atoms with E-state index < -0.39 is 29.3 Å². The third-order valence-electron chi connectivity index (χ3n) is 8.87. The van der Waals surface area contributed by atoms with E-state index in [4.69, 9.17) is 9.47 Å². The standard InChI is InChI=1S/C41H45FN4O6/c1-41(2,29-17-19-30(42)20-18-29)27-44-40(50)34-21-22-37(47)45-31(25-28-11-4-3-5-12-28)26-52-36-16-9-6-13-32(36)38(48)43-23-10-24-51-35-15-8-7-14-33(35)39(49)46-34/h3-9,11-20,31,34H,10,21-27H2,1-2H3,(H,43,48)(H,44,50)(H,45,47)(H,46,49)/t31-,34-/m0/s1. The van der Waals surface area contributed by atoms with Crippen molar-refractivity contribution in [3.63, 3.8) is 0 Å². The molecule has 0 bridgehead atoms. The van der Waals surface area contributed by atoms with E-state index in [1.54, 1.807) is 60.7 Å². The molecular formula is C41H45FN4O6. The Balaban J connectivity index is 1.38. The Hall–Kier alpha value is -5.71. The quantitative estimate of drug-likeness (QED) is 0.220. The molecule has 4 amide bonds. The molecule has 11 heteroatoms. The molecule has 4 N–H and O–H groups in total. The highest BCUT2D eigenvalue weighted by molar-refractivity contribution is 6.00. The number of amides is 4. The van der Waals surface area contributed by atoms with Crippen molar-refractivity contribution in [2.45, 2.75) is 57.0 Å². The first kappa shape index (κ1) is 37.5. The summed E-state index contributed by atoms with van der Waals surface area (Å²) in [5.74, 6) is -1.30. The number of ether oxygens (including phenoxy) is 2. The number of carbonyl (C=O) groups excluding carboxylic acids is 4. The van der Waals surface area contributed by atoms with Crippen molar-refractivity contribution in [3.8, 4) is 11.5 Å². The molecule has 0 saturated carbocycles. The normalized spacial score (nSPS) is 17.8. The first-order valence-electron chi connectivity index (χ1n) is 17.5. The lowest BCUT2D eigenvalue weighted by molar-refractivity contribution is -0.124. The van der Waals surface area contributed by atoms with Gasteiger partial charge in [-0.15, -0.1) is 0 Å². The molecule has 1 aliphatic heterocycles. The van der Waals surface area contributed by atoms with E-state index in [9.17, 15) is 23.6 Å². The van der Waals surface area contributed by atoms with Gasteiger partial charge < -0.3 is 30.7 Å². The summed E-state index contributed by atoms with van der Waals surface area (Å²) in [6, 6.07) is 27.8. The van der Waals surface area contributed by atoms with Gasteiger partial charge >= 0.3 is 0 Å². The second-order valence-electron chi connectivity index (χ2n) is 13.4. The summed E-state index contributed by atoms with van der Waals surface area (Å²) in [6.07, 6.45) is 0.842. The van der Waals surface area contributed by atoms with Gasteiger partial charge in [0.05, 0.1) is 23.8 Å². The molecule has 0 fully saturated rings. The Labute approximate surface area is 303 Å². The summed E-state index contributed by atoms with van der Waals surface area (Å²) in [7, 11) is 0. The molecule has 10 nitrogen and oxygen atoms in total.